The molecular weight excluding hydrogens is 284 g/mol. The number of nitrogens with one attached hydrogen (secondary N) is 1. The Hall–Kier alpha value is -0.480. The first-order chi connectivity index (χ1) is 7.61. The van der Waals surface area contributed by atoms with Crippen LogP contribution in [0.5, 0.6) is 0 Å². The van der Waals surface area contributed by atoms with Gasteiger partial charge in [-0.25, -0.2) is 0 Å². The largest absolute Gasteiger partial charge is 0.481 e. The number of carboxylic acids is 1. The highest BCUT2D eigenvalue weighted by molar-refractivity contribution is 6.42. The van der Waals surface area contributed by atoms with Gasteiger partial charge in [0.1, 0.15) is 0 Å². The van der Waals surface area contributed by atoms with Gasteiger partial charge < -0.3 is 10.4 Å². The molecule has 3 nitrogen and oxygen atoms in total. The van der Waals surface area contributed by atoms with Crippen molar-refractivity contribution in [1.82, 2.24) is 5.32 Å². The number of hydrogen-bond donors (Lipinski definition) is 2. The summed E-state index contributed by atoms with van der Waals surface area (Å²) in [4.78, 5) is 11.1. The van der Waals surface area contributed by atoms with Crippen LogP contribution in [0.2, 0.25) is 10.0 Å². The Labute approximate surface area is 116 Å². The maximum Gasteiger partial charge on any atom is 0.308 e. The summed E-state index contributed by atoms with van der Waals surface area (Å²) in [7, 11) is 0. The molecule has 17 heavy (non-hydrogen) atoms. The summed E-state index contributed by atoms with van der Waals surface area (Å²) >= 11 is 12.0. The van der Waals surface area contributed by atoms with E-state index in [9.17, 15) is 4.79 Å². The third-order valence-electron chi connectivity index (χ3n) is 2.91. The van der Waals surface area contributed by atoms with Crippen LogP contribution in [0.1, 0.15) is 11.5 Å². The van der Waals surface area contributed by atoms with Crippen molar-refractivity contribution in [2.45, 2.75) is 5.92 Å². The molecule has 6 heteroatoms. The summed E-state index contributed by atoms with van der Waals surface area (Å²) in [6.45, 7) is 1.10. The molecule has 1 aromatic rings. The molecule has 0 saturated carbocycles. The minimum atomic E-state index is -0.800. The lowest BCUT2D eigenvalue weighted by atomic mass is 9.89. The minimum absolute atomic E-state index is 0. The SMILES string of the molecule is Cl.O=C(O)[C@H]1CNC[C@@H]1c1cccc(Cl)c1Cl. The van der Waals surface area contributed by atoms with Crippen LogP contribution < -0.4 is 5.32 Å². The summed E-state index contributed by atoms with van der Waals surface area (Å²) in [6.07, 6.45) is 0. The van der Waals surface area contributed by atoms with Crippen molar-refractivity contribution in [1.29, 1.82) is 0 Å². The first-order valence-electron chi connectivity index (χ1n) is 4.98. The highest BCUT2D eigenvalue weighted by Gasteiger charge is 2.35. The van der Waals surface area contributed by atoms with Gasteiger partial charge >= 0.3 is 5.97 Å². The van der Waals surface area contributed by atoms with Crippen molar-refractivity contribution >= 4 is 41.6 Å². The molecule has 1 heterocycles. The lowest BCUT2D eigenvalue weighted by molar-refractivity contribution is -0.141. The van der Waals surface area contributed by atoms with Gasteiger partial charge in [-0.2, -0.15) is 0 Å². The molecule has 0 bridgehead atoms. The van der Waals surface area contributed by atoms with E-state index in [-0.39, 0.29) is 18.3 Å². The zero-order valence-electron chi connectivity index (χ0n) is 8.82. The highest BCUT2D eigenvalue weighted by Crippen LogP contribution is 2.36. The van der Waals surface area contributed by atoms with Gasteiger partial charge in [-0.3, -0.25) is 4.79 Å². The van der Waals surface area contributed by atoms with Crippen LogP contribution in [0, 0.1) is 5.92 Å². The van der Waals surface area contributed by atoms with Gasteiger partial charge in [-0.15, -0.1) is 12.4 Å². The fourth-order valence-electron chi connectivity index (χ4n) is 2.07. The van der Waals surface area contributed by atoms with Gasteiger partial charge in [0.25, 0.3) is 0 Å². The van der Waals surface area contributed by atoms with E-state index in [1.807, 2.05) is 6.07 Å². The van der Waals surface area contributed by atoms with E-state index in [0.717, 1.165) is 5.56 Å². The molecule has 2 atom stereocenters. The van der Waals surface area contributed by atoms with E-state index >= 15 is 0 Å². The van der Waals surface area contributed by atoms with E-state index in [1.165, 1.54) is 0 Å². The standard InChI is InChI=1S/C11H11Cl2NO2.ClH/c12-9-3-1-2-6(10(9)13)7-4-14-5-8(7)11(15)16;/h1-3,7-8,14H,4-5H2,(H,15,16);1H/t7-,8+;/m1./s1. The van der Waals surface area contributed by atoms with Crippen LogP contribution in [0.25, 0.3) is 0 Å². The average molecular weight is 297 g/mol. The molecule has 1 fully saturated rings. The smallest absolute Gasteiger partial charge is 0.308 e. The van der Waals surface area contributed by atoms with Crippen LogP contribution in [-0.2, 0) is 4.79 Å². The molecule has 0 radical (unpaired) electrons. The normalized spacial score (nSPS) is 23.2. The maximum atomic E-state index is 11.1. The molecule has 1 saturated heterocycles. The number of carbonyl (C=O) groups is 1. The van der Waals surface area contributed by atoms with E-state index in [2.05, 4.69) is 5.32 Å². The van der Waals surface area contributed by atoms with Gasteiger partial charge in [0.15, 0.2) is 0 Å². The molecule has 1 aromatic carbocycles. The summed E-state index contributed by atoms with van der Waals surface area (Å²) in [6, 6.07) is 5.33. The third kappa shape index (κ3) is 2.86. The van der Waals surface area contributed by atoms with Crippen LogP contribution >= 0.6 is 35.6 Å². The Morgan fingerprint density at radius 1 is 1.35 bits per heavy atom. The van der Waals surface area contributed by atoms with Crippen LogP contribution in [0.4, 0.5) is 0 Å². The van der Waals surface area contributed by atoms with E-state index in [0.29, 0.717) is 23.1 Å². The number of aliphatic carboxylic acids is 1. The number of carboxylic acid groups (broad SMARTS) is 1. The molecule has 1 aliphatic rings. The Morgan fingerprint density at radius 2 is 2.06 bits per heavy atom. The average Bonchev–Trinajstić information content (AvgIpc) is 2.70. The van der Waals surface area contributed by atoms with Gasteiger partial charge in [-0.05, 0) is 11.6 Å². The topological polar surface area (TPSA) is 49.3 Å². The van der Waals surface area contributed by atoms with Gasteiger partial charge in [0.2, 0.25) is 0 Å². The molecule has 94 valence electrons. The highest BCUT2D eigenvalue weighted by atomic mass is 35.5. The van der Waals surface area contributed by atoms with Crippen molar-refractivity contribution in [3.8, 4) is 0 Å². The van der Waals surface area contributed by atoms with Crippen LogP contribution in [-0.4, -0.2) is 24.2 Å². The second-order valence-electron chi connectivity index (χ2n) is 3.85. The van der Waals surface area contributed by atoms with Crippen molar-refractivity contribution in [3.05, 3.63) is 33.8 Å². The lowest BCUT2D eigenvalue weighted by Crippen LogP contribution is -2.21. The van der Waals surface area contributed by atoms with E-state index < -0.39 is 11.9 Å². The second kappa shape index (κ2) is 5.91. The summed E-state index contributed by atoms with van der Waals surface area (Å²) < 4.78 is 0. The van der Waals surface area contributed by atoms with Gasteiger partial charge in [0, 0.05) is 19.0 Å². The Kier molecular flexibility index (Phi) is 5.07. The maximum absolute atomic E-state index is 11.1. The summed E-state index contributed by atoms with van der Waals surface area (Å²) in [5.74, 6) is -1.34. The van der Waals surface area contributed by atoms with Crippen molar-refractivity contribution in [3.63, 3.8) is 0 Å². The monoisotopic (exact) mass is 295 g/mol. The molecule has 0 spiro atoms. The van der Waals surface area contributed by atoms with Crippen LogP contribution in [0.15, 0.2) is 18.2 Å². The van der Waals surface area contributed by atoms with E-state index in [1.54, 1.807) is 12.1 Å². The minimum Gasteiger partial charge on any atom is -0.481 e. The molecule has 1 aliphatic heterocycles. The zero-order valence-corrected chi connectivity index (χ0v) is 11.1. The zero-order chi connectivity index (χ0) is 11.7. The molecule has 0 aliphatic carbocycles. The Balaban J connectivity index is 0.00000144. The number of hydrogen-bond acceptors (Lipinski definition) is 2. The number of halogens is 3. The van der Waals surface area contributed by atoms with Crippen molar-refractivity contribution < 1.29 is 9.90 Å². The second-order valence-corrected chi connectivity index (χ2v) is 4.64. The molecule has 2 N–H and O–H groups in total. The predicted molar refractivity (Wildman–Crippen MR) is 70.4 cm³/mol. The predicted octanol–water partition coefficient (Wildman–Crippen LogP) is 2.80. The van der Waals surface area contributed by atoms with Crippen molar-refractivity contribution in [2.75, 3.05) is 13.1 Å². The first kappa shape index (κ1) is 14.6. The number of benzene rings is 1. The molecule has 2 rings (SSSR count). The van der Waals surface area contributed by atoms with Crippen molar-refractivity contribution in [2.24, 2.45) is 5.92 Å². The fourth-order valence-corrected chi connectivity index (χ4v) is 2.52. The molecule has 0 unspecified atom stereocenters. The third-order valence-corrected chi connectivity index (χ3v) is 3.75. The molecule has 0 aromatic heterocycles. The van der Waals surface area contributed by atoms with Gasteiger partial charge in [-0.1, -0.05) is 35.3 Å². The quantitative estimate of drug-likeness (QED) is 0.882. The van der Waals surface area contributed by atoms with E-state index in [4.69, 9.17) is 28.3 Å². The van der Waals surface area contributed by atoms with Gasteiger partial charge in [0.05, 0.1) is 16.0 Å². The number of rotatable bonds is 2. The molecule has 0 amide bonds. The first-order valence-corrected chi connectivity index (χ1v) is 5.74. The van der Waals surface area contributed by atoms with Crippen LogP contribution in [0.3, 0.4) is 0 Å². The summed E-state index contributed by atoms with van der Waals surface area (Å²) in [5, 5.41) is 13.1. The fraction of sp³-hybridized carbons (Fsp3) is 0.364. The molecular formula is C11H12Cl3NO2. The summed E-state index contributed by atoms with van der Waals surface area (Å²) in [5.41, 5.74) is 0.812. The Morgan fingerprint density at radius 3 is 2.71 bits per heavy atom. The Bertz CT molecular complexity index is 425. The lowest BCUT2D eigenvalue weighted by Gasteiger charge is -2.16.